The summed E-state index contributed by atoms with van der Waals surface area (Å²) in [7, 11) is -8.29. The Balaban J connectivity index is 2.28. The van der Waals surface area contributed by atoms with Gasteiger partial charge in [0.05, 0.1) is 22.5 Å². The lowest BCUT2D eigenvalue weighted by molar-refractivity contribution is -0.122. The SMILES string of the molecule is CC(=NS(=O)(=O)c1ccccc1)N[C@@H](CS(=O)(=O)Cc1ccccc1OC(F)F)C(=O)NCC#N. The van der Waals surface area contributed by atoms with E-state index in [1.807, 2.05) is 0 Å². The van der Waals surface area contributed by atoms with Gasteiger partial charge in [0.25, 0.3) is 10.0 Å². The molecule has 0 spiro atoms. The van der Waals surface area contributed by atoms with E-state index < -0.39 is 56.5 Å². The van der Waals surface area contributed by atoms with Crippen LogP contribution in [0.5, 0.6) is 5.75 Å². The summed E-state index contributed by atoms with van der Waals surface area (Å²) >= 11 is 0. The van der Waals surface area contributed by atoms with Crippen LogP contribution in [0.25, 0.3) is 0 Å². The second-order valence-corrected chi connectivity index (χ2v) is 10.8. The number of para-hydroxylation sites is 1. The van der Waals surface area contributed by atoms with Crippen LogP contribution in [0.4, 0.5) is 8.78 Å². The maximum absolute atomic E-state index is 12.8. The van der Waals surface area contributed by atoms with Gasteiger partial charge in [-0.1, -0.05) is 36.4 Å². The van der Waals surface area contributed by atoms with Crippen molar-refractivity contribution in [2.45, 2.75) is 30.2 Å². The second-order valence-electron chi connectivity index (χ2n) is 7.08. The number of amidine groups is 1. The molecule has 2 aromatic carbocycles. The number of nitriles is 1. The Kier molecular flexibility index (Phi) is 9.67. The fraction of sp³-hybridized carbons (Fsp3) is 0.286. The van der Waals surface area contributed by atoms with Crippen LogP contribution in [0.1, 0.15) is 12.5 Å². The number of sulfonamides is 1. The van der Waals surface area contributed by atoms with E-state index in [4.69, 9.17) is 5.26 Å². The van der Waals surface area contributed by atoms with Crippen molar-refractivity contribution < 1.29 is 35.1 Å². The zero-order valence-electron chi connectivity index (χ0n) is 18.4. The average molecular weight is 529 g/mol. The molecule has 0 heterocycles. The van der Waals surface area contributed by atoms with Crippen molar-refractivity contribution in [1.82, 2.24) is 10.6 Å². The monoisotopic (exact) mass is 528 g/mol. The van der Waals surface area contributed by atoms with Gasteiger partial charge in [0.15, 0.2) is 9.84 Å². The van der Waals surface area contributed by atoms with Gasteiger partial charge in [-0.05, 0) is 25.1 Å². The summed E-state index contributed by atoms with van der Waals surface area (Å²) in [6.07, 6.45) is 0. The van der Waals surface area contributed by atoms with Crippen LogP contribution in [0, 0.1) is 11.3 Å². The van der Waals surface area contributed by atoms with Crippen LogP contribution >= 0.6 is 0 Å². The number of nitrogens with one attached hydrogen (secondary N) is 2. The first-order valence-electron chi connectivity index (χ1n) is 9.94. The zero-order chi connectivity index (χ0) is 26.1. The maximum Gasteiger partial charge on any atom is 0.387 e. The number of halogens is 2. The normalized spacial score (nSPS) is 13.1. The zero-order valence-corrected chi connectivity index (χ0v) is 20.0. The lowest BCUT2D eigenvalue weighted by Gasteiger charge is -2.19. The largest absolute Gasteiger partial charge is 0.435 e. The molecule has 1 amide bonds. The van der Waals surface area contributed by atoms with E-state index in [-0.39, 0.29) is 22.0 Å². The molecule has 10 nitrogen and oxygen atoms in total. The number of sulfone groups is 1. The summed E-state index contributed by atoms with van der Waals surface area (Å²) < 4.78 is 83.8. The molecule has 0 aliphatic rings. The first kappa shape index (κ1) is 27.7. The van der Waals surface area contributed by atoms with Crippen molar-refractivity contribution in [3.8, 4) is 11.8 Å². The summed E-state index contributed by atoms with van der Waals surface area (Å²) in [4.78, 5) is 12.4. The van der Waals surface area contributed by atoms with Gasteiger partial charge < -0.3 is 15.4 Å². The number of amides is 1. The number of rotatable bonds is 11. The topological polar surface area (TPSA) is 155 Å². The Morgan fingerprint density at radius 1 is 1.09 bits per heavy atom. The van der Waals surface area contributed by atoms with Crippen LogP contribution in [0.15, 0.2) is 63.9 Å². The molecule has 0 bridgehead atoms. The molecule has 0 aliphatic carbocycles. The van der Waals surface area contributed by atoms with Gasteiger partial charge in [0.1, 0.15) is 24.2 Å². The molecule has 0 aromatic heterocycles. The number of alkyl halides is 2. The minimum Gasteiger partial charge on any atom is -0.435 e. The van der Waals surface area contributed by atoms with Gasteiger partial charge in [-0.3, -0.25) is 4.79 Å². The molecule has 0 radical (unpaired) electrons. The molecule has 2 N–H and O–H groups in total. The number of carbonyl (C=O) groups is 1. The molecule has 0 unspecified atom stereocenters. The second kappa shape index (κ2) is 12.2. The number of hydrogen-bond acceptors (Lipinski definition) is 7. The Labute approximate surface area is 201 Å². The van der Waals surface area contributed by atoms with E-state index in [0.717, 1.165) is 0 Å². The minimum atomic E-state index is -4.15. The molecule has 14 heteroatoms. The third-order valence-corrected chi connectivity index (χ3v) is 7.30. The highest BCUT2D eigenvalue weighted by Gasteiger charge is 2.28. The Morgan fingerprint density at radius 2 is 1.71 bits per heavy atom. The average Bonchev–Trinajstić information content (AvgIpc) is 2.78. The van der Waals surface area contributed by atoms with Crippen molar-refractivity contribution in [3.05, 3.63) is 60.2 Å². The van der Waals surface area contributed by atoms with Gasteiger partial charge in [-0.25, -0.2) is 8.42 Å². The van der Waals surface area contributed by atoms with Gasteiger partial charge in [-0.2, -0.15) is 22.5 Å². The molecule has 0 saturated heterocycles. The third-order valence-electron chi connectivity index (χ3n) is 4.32. The first-order valence-corrected chi connectivity index (χ1v) is 13.2. The highest BCUT2D eigenvalue weighted by molar-refractivity contribution is 7.90. The lowest BCUT2D eigenvalue weighted by Crippen LogP contribution is -2.50. The molecule has 0 aliphatic heterocycles. The van der Waals surface area contributed by atoms with E-state index in [9.17, 15) is 30.4 Å². The molecule has 2 aromatic rings. The van der Waals surface area contributed by atoms with E-state index in [2.05, 4.69) is 19.8 Å². The van der Waals surface area contributed by atoms with Crippen LogP contribution in [0.2, 0.25) is 0 Å². The summed E-state index contributed by atoms with van der Waals surface area (Å²) in [5, 5.41) is 13.4. The van der Waals surface area contributed by atoms with Gasteiger partial charge in [0.2, 0.25) is 5.91 Å². The molecule has 0 fully saturated rings. The highest BCUT2D eigenvalue weighted by Crippen LogP contribution is 2.23. The lowest BCUT2D eigenvalue weighted by atomic mass is 10.2. The van der Waals surface area contributed by atoms with Crippen LogP contribution in [0.3, 0.4) is 0 Å². The highest BCUT2D eigenvalue weighted by atomic mass is 32.2. The van der Waals surface area contributed by atoms with Gasteiger partial charge in [0, 0.05) is 5.56 Å². The number of nitrogens with zero attached hydrogens (tertiary/aromatic N) is 2. The Hall–Kier alpha value is -3.57. The van der Waals surface area contributed by atoms with Crippen LogP contribution in [-0.4, -0.2) is 53.5 Å². The fourth-order valence-electron chi connectivity index (χ4n) is 2.92. The van der Waals surface area contributed by atoms with Crippen molar-refractivity contribution in [1.29, 1.82) is 5.26 Å². The summed E-state index contributed by atoms with van der Waals surface area (Å²) in [5.41, 5.74) is -0.0546. The predicted octanol–water partition coefficient (Wildman–Crippen LogP) is 1.61. The first-order chi connectivity index (χ1) is 16.4. The van der Waals surface area contributed by atoms with E-state index >= 15 is 0 Å². The molecular formula is C21H22F2N4O6S2. The summed E-state index contributed by atoms with van der Waals surface area (Å²) in [5.74, 6) is -3.11. The quantitative estimate of drug-likeness (QED) is 0.253. The van der Waals surface area contributed by atoms with Gasteiger partial charge >= 0.3 is 6.61 Å². The van der Waals surface area contributed by atoms with Crippen molar-refractivity contribution in [3.63, 3.8) is 0 Å². The van der Waals surface area contributed by atoms with Crippen molar-refractivity contribution in [2.75, 3.05) is 12.3 Å². The smallest absolute Gasteiger partial charge is 0.387 e. The molecule has 2 rings (SSSR count). The molecule has 1 atom stereocenters. The number of hydrogen-bond donors (Lipinski definition) is 2. The predicted molar refractivity (Wildman–Crippen MR) is 123 cm³/mol. The van der Waals surface area contributed by atoms with E-state index in [1.165, 1.54) is 55.5 Å². The number of benzene rings is 2. The Morgan fingerprint density at radius 3 is 2.34 bits per heavy atom. The minimum absolute atomic E-state index is 0.0546. The summed E-state index contributed by atoms with van der Waals surface area (Å²) in [6.45, 7) is -2.38. The van der Waals surface area contributed by atoms with E-state index in [0.29, 0.717) is 0 Å². The summed E-state index contributed by atoms with van der Waals surface area (Å²) in [6, 6.07) is 12.6. The number of ether oxygens (including phenoxy) is 1. The third kappa shape index (κ3) is 8.95. The van der Waals surface area contributed by atoms with Crippen molar-refractivity contribution in [2.24, 2.45) is 4.40 Å². The molecule has 35 heavy (non-hydrogen) atoms. The molecule has 188 valence electrons. The van der Waals surface area contributed by atoms with Crippen LogP contribution in [-0.2, 0) is 30.4 Å². The van der Waals surface area contributed by atoms with Gasteiger partial charge in [-0.15, -0.1) is 4.40 Å². The van der Waals surface area contributed by atoms with Crippen molar-refractivity contribution >= 4 is 31.6 Å². The number of carbonyl (C=O) groups excluding carboxylic acids is 1. The van der Waals surface area contributed by atoms with Crippen LogP contribution < -0.4 is 15.4 Å². The van der Waals surface area contributed by atoms with E-state index in [1.54, 1.807) is 12.1 Å². The maximum atomic E-state index is 12.8. The molecule has 0 saturated carbocycles. The Bertz CT molecular complexity index is 1310. The fourth-order valence-corrected chi connectivity index (χ4v) is 5.51. The standard InChI is InChI=1S/C21H22F2N4O6S2/c1-15(27-35(31,32)17-8-3-2-4-9-17)26-18(20(28)25-12-11-24)14-34(29,30)13-16-7-5-6-10-19(16)33-21(22)23/h2-10,18,21H,12-14H2,1H3,(H,25,28)(H,26,27)/t18-/m0/s1. The molecular weight excluding hydrogens is 506 g/mol.